The Bertz CT molecular complexity index is 578. The third-order valence-corrected chi connectivity index (χ3v) is 2.81. The fraction of sp³-hybridized carbons (Fsp3) is 0.267. The Labute approximate surface area is 122 Å². The van der Waals surface area contributed by atoms with Crippen molar-refractivity contribution in [3.8, 4) is 11.5 Å². The van der Waals surface area contributed by atoms with Crippen molar-refractivity contribution >= 4 is 11.6 Å². The third-order valence-electron chi connectivity index (χ3n) is 2.60. The number of aromatic nitrogens is 1. The molecule has 0 amide bonds. The van der Waals surface area contributed by atoms with E-state index in [1.54, 1.807) is 12.1 Å². The van der Waals surface area contributed by atoms with Crippen LogP contribution >= 0.6 is 11.6 Å². The molecule has 106 valence electrons. The van der Waals surface area contributed by atoms with Crippen LogP contribution in [0.1, 0.15) is 18.9 Å². The van der Waals surface area contributed by atoms with Crippen LogP contribution in [0.25, 0.3) is 0 Å². The number of hydrogen-bond donors (Lipinski definition) is 1. The molecule has 0 bridgehead atoms. The van der Waals surface area contributed by atoms with Crippen molar-refractivity contribution in [3.05, 3.63) is 53.1 Å². The van der Waals surface area contributed by atoms with E-state index in [2.05, 4.69) is 17.2 Å². The summed E-state index contributed by atoms with van der Waals surface area (Å²) in [5, 5.41) is 3.70. The van der Waals surface area contributed by atoms with Crippen LogP contribution in [0.3, 0.4) is 0 Å². The minimum absolute atomic E-state index is 0.328. The molecule has 0 atom stereocenters. The summed E-state index contributed by atoms with van der Waals surface area (Å²) in [6.45, 7) is 3.58. The predicted molar refractivity (Wildman–Crippen MR) is 77.7 cm³/mol. The van der Waals surface area contributed by atoms with Crippen molar-refractivity contribution < 1.29 is 9.13 Å². The van der Waals surface area contributed by atoms with Gasteiger partial charge in [-0.1, -0.05) is 18.5 Å². The summed E-state index contributed by atoms with van der Waals surface area (Å²) >= 11 is 5.83. The van der Waals surface area contributed by atoms with Gasteiger partial charge in [-0.25, -0.2) is 4.39 Å². The lowest BCUT2D eigenvalue weighted by atomic mass is 10.2. The maximum atomic E-state index is 13.6. The van der Waals surface area contributed by atoms with Gasteiger partial charge in [-0.15, -0.1) is 0 Å². The van der Waals surface area contributed by atoms with Gasteiger partial charge in [-0.3, -0.25) is 4.98 Å². The zero-order chi connectivity index (χ0) is 14.4. The molecule has 1 aromatic carbocycles. The van der Waals surface area contributed by atoms with Crippen LogP contribution in [0.4, 0.5) is 4.39 Å². The van der Waals surface area contributed by atoms with Gasteiger partial charge in [0.05, 0.1) is 11.2 Å². The van der Waals surface area contributed by atoms with Gasteiger partial charge < -0.3 is 10.1 Å². The Morgan fingerprint density at radius 3 is 2.80 bits per heavy atom. The second kappa shape index (κ2) is 7.22. The van der Waals surface area contributed by atoms with Gasteiger partial charge in [-0.2, -0.15) is 0 Å². The first-order valence-corrected chi connectivity index (χ1v) is 6.84. The molecule has 0 fully saturated rings. The van der Waals surface area contributed by atoms with E-state index in [0.717, 1.165) is 18.5 Å². The van der Waals surface area contributed by atoms with E-state index >= 15 is 0 Å². The van der Waals surface area contributed by atoms with Crippen LogP contribution in [0.2, 0.25) is 5.02 Å². The van der Waals surface area contributed by atoms with Crippen LogP contribution in [0, 0.1) is 5.82 Å². The standard InChI is InChI=1S/C15H16ClFN2O/c1-2-3-18-8-11-4-13(17)7-14(5-11)20-15-6-12(16)9-19-10-15/h4-7,9-10,18H,2-3,8H2,1H3. The summed E-state index contributed by atoms with van der Waals surface area (Å²) in [6.07, 6.45) is 4.08. The SMILES string of the molecule is CCCNCc1cc(F)cc(Oc2cncc(Cl)c2)c1. The predicted octanol–water partition coefficient (Wildman–Crippen LogP) is 4.17. The first-order chi connectivity index (χ1) is 9.67. The average Bonchev–Trinajstić information content (AvgIpc) is 2.38. The first kappa shape index (κ1) is 14.8. The van der Waals surface area contributed by atoms with Crippen LogP contribution in [-0.2, 0) is 6.54 Å². The van der Waals surface area contributed by atoms with Gasteiger partial charge in [0, 0.05) is 24.9 Å². The molecule has 0 aliphatic rings. The maximum absolute atomic E-state index is 13.6. The number of hydrogen-bond acceptors (Lipinski definition) is 3. The van der Waals surface area contributed by atoms with Crippen LogP contribution in [-0.4, -0.2) is 11.5 Å². The summed E-state index contributed by atoms with van der Waals surface area (Å²) in [5.41, 5.74) is 0.837. The summed E-state index contributed by atoms with van der Waals surface area (Å²) in [4.78, 5) is 3.92. The number of benzene rings is 1. The molecule has 5 heteroatoms. The van der Waals surface area contributed by atoms with Gasteiger partial charge in [0.1, 0.15) is 17.3 Å². The molecule has 3 nitrogen and oxygen atoms in total. The fourth-order valence-electron chi connectivity index (χ4n) is 1.78. The van der Waals surface area contributed by atoms with Gasteiger partial charge in [0.25, 0.3) is 0 Å². The summed E-state index contributed by atoms with van der Waals surface area (Å²) in [7, 11) is 0. The molecule has 1 heterocycles. The number of halogens is 2. The highest BCUT2D eigenvalue weighted by Gasteiger charge is 2.04. The number of ether oxygens (including phenoxy) is 1. The van der Waals surface area contributed by atoms with E-state index in [-0.39, 0.29) is 5.82 Å². The van der Waals surface area contributed by atoms with Gasteiger partial charge >= 0.3 is 0 Å². The van der Waals surface area contributed by atoms with E-state index in [1.807, 2.05) is 0 Å². The zero-order valence-electron chi connectivity index (χ0n) is 11.2. The molecule has 2 rings (SSSR count). The van der Waals surface area contributed by atoms with Gasteiger partial charge in [-0.05, 0) is 30.7 Å². The molecular weight excluding hydrogens is 279 g/mol. The lowest BCUT2D eigenvalue weighted by Gasteiger charge is -2.09. The Hall–Kier alpha value is -1.65. The van der Waals surface area contributed by atoms with E-state index in [1.165, 1.54) is 24.5 Å². The lowest BCUT2D eigenvalue weighted by molar-refractivity contribution is 0.473. The van der Waals surface area contributed by atoms with E-state index < -0.39 is 0 Å². The number of nitrogens with one attached hydrogen (secondary N) is 1. The molecule has 20 heavy (non-hydrogen) atoms. The van der Waals surface area contributed by atoms with Crippen molar-refractivity contribution in [2.24, 2.45) is 0 Å². The molecule has 0 spiro atoms. The van der Waals surface area contributed by atoms with Crippen molar-refractivity contribution in [1.82, 2.24) is 10.3 Å². The Balaban J connectivity index is 2.11. The molecule has 1 aromatic heterocycles. The summed E-state index contributed by atoms with van der Waals surface area (Å²) < 4.78 is 19.1. The molecule has 0 aliphatic carbocycles. The summed E-state index contributed by atoms with van der Waals surface area (Å²) in [5.74, 6) is 0.587. The van der Waals surface area contributed by atoms with Gasteiger partial charge in [0.15, 0.2) is 0 Å². The Morgan fingerprint density at radius 2 is 2.05 bits per heavy atom. The molecule has 0 saturated carbocycles. The van der Waals surface area contributed by atoms with Crippen LogP contribution < -0.4 is 10.1 Å². The third kappa shape index (κ3) is 4.47. The smallest absolute Gasteiger partial charge is 0.147 e. The quantitative estimate of drug-likeness (QED) is 0.812. The van der Waals surface area contributed by atoms with Crippen molar-refractivity contribution in [2.45, 2.75) is 19.9 Å². The monoisotopic (exact) mass is 294 g/mol. The van der Waals surface area contributed by atoms with Crippen molar-refractivity contribution in [1.29, 1.82) is 0 Å². The van der Waals surface area contributed by atoms with Gasteiger partial charge in [0.2, 0.25) is 0 Å². The first-order valence-electron chi connectivity index (χ1n) is 6.46. The maximum Gasteiger partial charge on any atom is 0.147 e. The Kier molecular flexibility index (Phi) is 5.32. The molecule has 0 radical (unpaired) electrons. The number of rotatable bonds is 6. The minimum atomic E-state index is -0.328. The molecular formula is C15H16ClFN2O. The highest BCUT2D eigenvalue weighted by atomic mass is 35.5. The minimum Gasteiger partial charge on any atom is -0.456 e. The largest absolute Gasteiger partial charge is 0.456 e. The average molecular weight is 295 g/mol. The number of pyridine rings is 1. The normalized spacial score (nSPS) is 10.6. The van der Waals surface area contributed by atoms with Crippen LogP contribution in [0.5, 0.6) is 11.5 Å². The molecule has 0 aliphatic heterocycles. The van der Waals surface area contributed by atoms with E-state index in [4.69, 9.17) is 16.3 Å². The second-order valence-electron chi connectivity index (χ2n) is 4.41. The second-order valence-corrected chi connectivity index (χ2v) is 4.85. The zero-order valence-corrected chi connectivity index (χ0v) is 12.0. The molecule has 1 N–H and O–H groups in total. The Morgan fingerprint density at radius 1 is 1.20 bits per heavy atom. The van der Waals surface area contributed by atoms with E-state index in [0.29, 0.717) is 23.1 Å². The topological polar surface area (TPSA) is 34.1 Å². The van der Waals surface area contributed by atoms with E-state index in [9.17, 15) is 4.39 Å². The van der Waals surface area contributed by atoms with Crippen molar-refractivity contribution in [3.63, 3.8) is 0 Å². The van der Waals surface area contributed by atoms with Crippen LogP contribution in [0.15, 0.2) is 36.7 Å². The molecule has 0 saturated heterocycles. The number of nitrogens with zero attached hydrogens (tertiary/aromatic N) is 1. The highest BCUT2D eigenvalue weighted by molar-refractivity contribution is 6.30. The fourth-order valence-corrected chi connectivity index (χ4v) is 1.94. The lowest BCUT2D eigenvalue weighted by Crippen LogP contribution is -2.13. The molecule has 0 unspecified atom stereocenters. The summed E-state index contributed by atoms with van der Waals surface area (Å²) in [6, 6.07) is 6.26. The molecule has 2 aromatic rings. The highest BCUT2D eigenvalue weighted by Crippen LogP contribution is 2.24. The van der Waals surface area contributed by atoms with Crippen molar-refractivity contribution in [2.75, 3.05) is 6.54 Å².